The minimum atomic E-state index is -0.317. The van der Waals surface area contributed by atoms with Crippen molar-refractivity contribution in [1.82, 2.24) is 0 Å². The zero-order valence-electron chi connectivity index (χ0n) is 12.0. The molecule has 0 aliphatic heterocycles. The molecule has 24 heavy (non-hydrogen) atoms. The zero-order chi connectivity index (χ0) is 17.4. The molecule has 1 N–H and O–H groups in total. The molecule has 0 aliphatic carbocycles. The Morgan fingerprint density at radius 2 is 1.62 bits per heavy atom. The number of phenols is 1. The molecule has 0 amide bonds. The van der Waals surface area contributed by atoms with Crippen molar-refractivity contribution in [3.8, 4) is 5.75 Å². The van der Waals surface area contributed by atoms with Crippen LogP contribution in [0.5, 0.6) is 5.75 Å². The van der Waals surface area contributed by atoms with Crippen LogP contribution in [0.2, 0.25) is 0 Å². The summed E-state index contributed by atoms with van der Waals surface area (Å²) in [6, 6.07) is 12.9. The molecule has 2 atom stereocenters. The van der Waals surface area contributed by atoms with Crippen molar-refractivity contribution in [3.05, 3.63) is 73.0 Å². The van der Waals surface area contributed by atoms with Crippen LogP contribution in [0.4, 0.5) is 0 Å². The van der Waals surface area contributed by atoms with Gasteiger partial charge in [0, 0.05) is 0 Å². The Balaban J connectivity index is 2.18. The standard InChI is InChI=1S/C17H10Br4O3/c18-9-6-7-10(22)11-15(23)14(21)17(24-16(9)11)13(20)12(19)8-4-2-1-3-5-8/h1-7,12-13,22H/t12-,13-/m1/s1. The van der Waals surface area contributed by atoms with Crippen LogP contribution in [-0.4, -0.2) is 5.11 Å². The number of phenolic OH excluding ortho intramolecular Hbond substituents is 1. The summed E-state index contributed by atoms with van der Waals surface area (Å²) in [4.78, 5) is 12.3. The third-order valence-electron chi connectivity index (χ3n) is 3.57. The number of benzene rings is 2. The Hall–Kier alpha value is -0.630. The molecule has 3 rings (SSSR count). The highest BCUT2D eigenvalue weighted by Crippen LogP contribution is 2.45. The average Bonchev–Trinajstić information content (AvgIpc) is 2.60. The molecule has 0 aliphatic rings. The minimum absolute atomic E-state index is 0.105. The highest BCUT2D eigenvalue weighted by atomic mass is 79.9. The van der Waals surface area contributed by atoms with E-state index in [1.807, 2.05) is 30.3 Å². The summed E-state index contributed by atoms with van der Waals surface area (Å²) >= 11 is 14.0. The molecule has 0 bridgehead atoms. The Morgan fingerprint density at radius 3 is 2.29 bits per heavy atom. The molecule has 0 radical (unpaired) electrons. The lowest BCUT2D eigenvalue weighted by atomic mass is 10.1. The van der Waals surface area contributed by atoms with Gasteiger partial charge < -0.3 is 9.52 Å². The van der Waals surface area contributed by atoms with E-state index in [0.29, 0.717) is 15.8 Å². The van der Waals surface area contributed by atoms with E-state index in [9.17, 15) is 9.90 Å². The molecule has 3 nitrogen and oxygen atoms in total. The first-order valence-electron chi connectivity index (χ1n) is 6.88. The molecule has 3 aromatic rings. The number of halogens is 4. The predicted molar refractivity (Wildman–Crippen MR) is 109 cm³/mol. The summed E-state index contributed by atoms with van der Waals surface area (Å²) < 4.78 is 6.85. The van der Waals surface area contributed by atoms with Gasteiger partial charge in [0.25, 0.3) is 0 Å². The van der Waals surface area contributed by atoms with Crippen molar-refractivity contribution in [2.24, 2.45) is 0 Å². The van der Waals surface area contributed by atoms with E-state index >= 15 is 0 Å². The maximum Gasteiger partial charge on any atom is 0.210 e. The number of hydrogen-bond donors (Lipinski definition) is 1. The second-order valence-corrected chi connectivity index (χ2v) is 8.71. The van der Waals surface area contributed by atoms with Gasteiger partial charge in [0.2, 0.25) is 5.43 Å². The fourth-order valence-corrected chi connectivity index (χ4v) is 4.78. The number of aromatic hydroxyl groups is 1. The second kappa shape index (κ2) is 7.32. The van der Waals surface area contributed by atoms with E-state index in [0.717, 1.165) is 5.56 Å². The first kappa shape index (κ1) is 18.2. The number of rotatable bonds is 3. The van der Waals surface area contributed by atoms with Crippen molar-refractivity contribution < 1.29 is 9.52 Å². The molecule has 2 aromatic carbocycles. The fourth-order valence-electron chi connectivity index (χ4n) is 2.36. The molecule has 1 aromatic heterocycles. The quantitative estimate of drug-likeness (QED) is 0.355. The lowest BCUT2D eigenvalue weighted by Crippen LogP contribution is -2.10. The first-order valence-corrected chi connectivity index (χ1v) is 10.3. The lowest BCUT2D eigenvalue weighted by molar-refractivity contribution is 0.476. The fraction of sp³-hybridized carbons (Fsp3) is 0.118. The van der Waals surface area contributed by atoms with Crippen LogP contribution < -0.4 is 5.43 Å². The molecular formula is C17H10Br4O3. The minimum Gasteiger partial charge on any atom is -0.507 e. The van der Waals surface area contributed by atoms with E-state index in [1.165, 1.54) is 6.07 Å². The van der Waals surface area contributed by atoms with Crippen LogP contribution in [0.25, 0.3) is 11.0 Å². The van der Waals surface area contributed by atoms with E-state index in [-0.39, 0.29) is 30.7 Å². The Kier molecular flexibility index (Phi) is 5.54. The van der Waals surface area contributed by atoms with Crippen molar-refractivity contribution in [3.63, 3.8) is 0 Å². The van der Waals surface area contributed by atoms with Gasteiger partial charge in [-0.2, -0.15) is 0 Å². The van der Waals surface area contributed by atoms with Crippen LogP contribution in [0.15, 0.2) is 60.6 Å². The zero-order valence-corrected chi connectivity index (χ0v) is 18.3. The predicted octanol–water partition coefficient (Wildman–Crippen LogP) is 6.60. The van der Waals surface area contributed by atoms with E-state index < -0.39 is 0 Å². The summed E-state index contributed by atoms with van der Waals surface area (Å²) in [5.41, 5.74) is 1.04. The van der Waals surface area contributed by atoms with Crippen molar-refractivity contribution in [2.45, 2.75) is 9.65 Å². The van der Waals surface area contributed by atoms with Crippen LogP contribution in [0.3, 0.4) is 0 Å². The second-order valence-electron chi connectivity index (χ2n) is 5.09. The number of hydrogen-bond acceptors (Lipinski definition) is 3. The Morgan fingerprint density at radius 1 is 0.958 bits per heavy atom. The summed E-state index contributed by atoms with van der Waals surface area (Å²) in [5, 5.41) is 10.1. The summed E-state index contributed by atoms with van der Waals surface area (Å²) in [6.07, 6.45) is 0. The molecule has 124 valence electrons. The van der Waals surface area contributed by atoms with Crippen molar-refractivity contribution in [2.75, 3.05) is 0 Å². The van der Waals surface area contributed by atoms with Crippen LogP contribution in [0.1, 0.15) is 21.0 Å². The highest BCUT2D eigenvalue weighted by molar-refractivity contribution is 9.12. The van der Waals surface area contributed by atoms with Gasteiger partial charge in [0.15, 0.2) is 5.58 Å². The van der Waals surface area contributed by atoms with Crippen LogP contribution in [-0.2, 0) is 0 Å². The van der Waals surface area contributed by atoms with E-state index in [2.05, 4.69) is 63.7 Å². The molecule has 0 fully saturated rings. The summed E-state index contributed by atoms with van der Waals surface area (Å²) in [7, 11) is 0. The topological polar surface area (TPSA) is 50.4 Å². The molecule has 1 heterocycles. The van der Waals surface area contributed by atoms with Gasteiger partial charge in [-0.3, -0.25) is 4.79 Å². The van der Waals surface area contributed by atoms with Gasteiger partial charge in [-0.25, -0.2) is 0 Å². The van der Waals surface area contributed by atoms with Crippen LogP contribution >= 0.6 is 63.7 Å². The molecule has 0 saturated heterocycles. The van der Waals surface area contributed by atoms with Gasteiger partial charge in [0.1, 0.15) is 21.4 Å². The molecule has 0 saturated carbocycles. The molecule has 0 spiro atoms. The molecule has 7 heteroatoms. The largest absolute Gasteiger partial charge is 0.507 e. The third kappa shape index (κ3) is 3.23. The van der Waals surface area contributed by atoms with Gasteiger partial charge in [-0.1, -0.05) is 62.2 Å². The van der Waals surface area contributed by atoms with Gasteiger partial charge in [-0.05, 0) is 49.6 Å². The average molecular weight is 582 g/mol. The lowest BCUT2D eigenvalue weighted by Gasteiger charge is -2.18. The number of fused-ring (bicyclic) bond motifs is 1. The monoisotopic (exact) mass is 578 g/mol. The van der Waals surface area contributed by atoms with E-state index in [4.69, 9.17) is 4.42 Å². The maximum absolute atomic E-state index is 12.7. The highest BCUT2D eigenvalue weighted by Gasteiger charge is 2.27. The van der Waals surface area contributed by atoms with Crippen molar-refractivity contribution >= 4 is 74.7 Å². The van der Waals surface area contributed by atoms with Gasteiger partial charge in [-0.15, -0.1) is 0 Å². The smallest absolute Gasteiger partial charge is 0.210 e. The Bertz CT molecular complexity index is 953. The Labute approximate surface area is 171 Å². The first-order chi connectivity index (χ1) is 11.4. The number of alkyl halides is 2. The third-order valence-corrected chi connectivity index (χ3v) is 7.65. The van der Waals surface area contributed by atoms with Crippen molar-refractivity contribution in [1.29, 1.82) is 0 Å². The molecule has 0 unspecified atom stereocenters. The van der Waals surface area contributed by atoms with E-state index in [1.54, 1.807) is 6.07 Å². The normalized spacial score (nSPS) is 13.8. The summed E-state index contributed by atoms with van der Waals surface area (Å²) in [6.45, 7) is 0. The van der Waals surface area contributed by atoms with Gasteiger partial charge in [0.05, 0.1) is 14.1 Å². The SMILES string of the molecule is O=c1c(Br)c([C@H](Br)[C@H](Br)c2ccccc2)oc2c(Br)ccc(O)c12. The molecular weight excluding hydrogens is 572 g/mol. The van der Waals surface area contributed by atoms with Gasteiger partial charge >= 0.3 is 0 Å². The maximum atomic E-state index is 12.7. The summed E-state index contributed by atoms with van der Waals surface area (Å²) in [5.74, 6) is 0.336. The van der Waals surface area contributed by atoms with Crippen LogP contribution in [0, 0.1) is 0 Å².